The number of nitrogen functional groups attached to an aromatic ring is 1. The maximum atomic E-state index is 13.2. The number of ether oxygens (including phenoxy) is 2. The second-order valence-corrected chi connectivity index (χ2v) is 5.65. The smallest absolute Gasteiger partial charge is 0.328 e. The van der Waals surface area contributed by atoms with Gasteiger partial charge in [-0.2, -0.15) is 0 Å². The van der Waals surface area contributed by atoms with Crippen molar-refractivity contribution < 1.29 is 19.1 Å². The Bertz CT molecular complexity index is 611. The zero-order valence-corrected chi connectivity index (χ0v) is 14.1. The first kappa shape index (κ1) is 17.1. The topological polar surface area (TPSA) is 81.9 Å². The highest BCUT2D eigenvalue weighted by Gasteiger charge is 2.49. The molecule has 0 bridgehead atoms. The molecule has 1 aliphatic heterocycles. The molecule has 2 rings (SSSR count). The predicted octanol–water partition coefficient (Wildman–Crippen LogP) is 2.50. The van der Waals surface area contributed by atoms with Crippen molar-refractivity contribution in [3.63, 3.8) is 0 Å². The first-order chi connectivity index (χ1) is 10.9. The maximum Gasteiger partial charge on any atom is 0.328 e. The second-order valence-electron chi connectivity index (χ2n) is 5.65. The normalized spacial score (nSPS) is 17.2. The van der Waals surface area contributed by atoms with Crippen LogP contribution in [0.5, 0.6) is 5.75 Å². The Morgan fingerprint density at radius 1 is 1.35 bits per heavy atom. The average Bonchev–Trinajstić information content (AvgIpc) is 2.57. The van der Waals surface area contributed by atoms with Crippen LogP contribution < -0.4 is 15.4 Å². The molecule has 2 N–H and O–H groups in total. The number of fused-ring (bicyclic) bond motifs is 1. The summed E-state index contributed by atoms with van der Waals surface area (Å²) in [5.74, 6) is -0.111. The molecule has 1 aromatic rings. The average molecular weight is 320 g/mol. The van der Waals surface area contributed by atoms with Crippen molar-refractivity contribution in [2.24, 2.45) is 0 Å². The minimum atomic E-state index is -0.968. The van der Waals surface area contributed by atoms with E-state index in [4.69, 9.17) is 15.2 Å². The zero-order valence-electron chi connectivity index (χ0n) is 14.1. The van der Waals surface area contributed by atoms with Crippen LogP contribution in [0.1, 0.15) is 40.0 Å². The number of carbonyl (C=O) groups is 2. The Kier molecular flexibility index (Phi) is 4.82. The lowest BCUT2D eigenvalue weighted by Crippen LogP contribution is -2.60. The van der Waals surface area contributed by atoms with Crippen molar-refractivity contribution in [3.8, 4) is 5.75 Å². The van der Waals surface area contributed by atoms with Gasteiger partial charge < -0.3 is 15.2 Å². The molecular weight excluding hydrogens is 296 g/mol. The number of esters is 1. The molecule has 1 aliphatic rings. The molecule has 0 saturated heterocycles. The predicted molar refractivity (Wildman–Crippen MR) is 88.4 cm³/mol. The minimum absolute atomic E-state index is 0.224. The highest BCUT2D eigenvalue weighted by atomic mass is 16.5. The van der Waals surface area contributed by atoms with E-state index in [9.17, 15) is 9.59 Å². The van der Waals surface area contributed by atoms with Gasteiger partial charge in [-0.1, -0.05) is 20.8 Å². The van der Waals surface area contributed by atoms with Crippen molar-refractivity contribution in [1.82, 2.24) is 0 Å². The van der Waals surface area contributed by atoms with E-state index < -0.39 is 17.6 Å². The van der Waals surface area contributed by atoms with Crippen LogP contribution in [0.15, 0.2) is 18.2 Å². The van der Waals surface area contributed by atoms with Gasteiger partial charge in [0.25, 0.3) is 5.91 Å². The Labute approximate surface area is 136 Å². The Morgan fingerprint density at radius 2 is 2.00 bits per heavy atom. The van der Waals surface area contributed by atoms with Gasteiger partial charge in [-0.05, 0) is 37.5 Å². The maximum absolute atomic E-state index is 13.2. The standard InChI is InChI=1S/C17H24N2O4/c1-5-12(15(20)22-4)19-13-10-11(18)8-9-14(13)23-17(6-2,7-3)16(19)21/h8-10,12H,5-7,18H2,1-4H3. The number of nitrogens with zero attached hydrogens (tertiary/aromatic N) is 1. The lowest BCUT2D eigenvalue weighted by molar-refractivity contribution is -0.146. The summed E-state index contributed by atoms with van der Waals surface area (Å²) < 4.78 is 10.9. The minimum Gasteiger partial charge on any atom is -0.475 e. The van der Waals surface area contributed by atoms with Crippen molar-refractivity contribution >= 4 is 23.3 Å². The van der Waals surface area contributed by atoms with Gasteiger partial charge in [-0.15, -0.1) is 0 Å². The number of methoxy groups -OCH3 is 1. The number of rotatable bonds is 5. The number of nitrogens with two attached hydrogens (primary N) is 1. The van der Waals surface area contributed by atoms with E-state index in [0.717, 1.165) is 0 Å². The molecule has 1 unspecified atom stereocenters. The van der Waals surface area contributed by atoms with Crippen LogP contribution in [0, 0.1) is 0 Å². The fraction of sp³-hybridized carbons (Fsp3) is 0.529. The largest absolute Gasteiger partial charge is 0.475 e. The molecule has 126 valence electrons. The van der Waals surface area contributed by atoms with Crippen LogP contribution in [0.2, 0.25) is 0 Å². The lowest BCUT2D eigenvalue weighted by Gasteiger charge is -2.44. The number of benzene rings is 1. The van der Waals surface area contributed by atoms with Crippen LogP contribution in [-0.4, -0.2) is 30.6 Å². The molecule has 0 aromatic heterocycles. The molecule has 1 heterocycles. The number of anilines is 2. The fourth-order valence-corrected chi connectivity index (χ4v) is 2.99. The number of amides is 1. The summed E-state index contributed by atoms with van der Waals surface area (Å²) >= 11 is 0. The van der Waals surface area contributed by atoms with Crippen molar-refractivity contribution in [2.45, 2.75) is 51.7 Å². The van der Waals surface area contributed by atoms with Crippen LogP contribution in [-0.2, 0) is 14.3 Å². The molecule has 0 saturated carbocycles. The van der Waals surface area contributed by atoms with Gasteiger partial charge in [0.2, 0.25) is 0 Å². The van der Waals surface area contributed by atoms with Crippen LogP contribution in [0.3, 0.4) is 0 Å². The summed E-state index contributed by atoms with van der Waals surface area (Å²) in [5.41, 5.74) is 5.92. The summed E-state index contributed by atoms with van der Waals surface area (Å²) in [4.78, 5) is 26.8. The Hall–Kier alpha value is -2.24. The third kappa shape index (κ3) is 2.73. The van der Waals surface area contributed by atoms with Crippen LogP contribution in [0.4, 0.5) is 11.4 Å². The fourth-order valence-electron chi connectivity index (χ4n) is 2.99. The van der Waals surface area contributed by atoms with E-state index in [-0.39, 0.29) is 5.91 Å². The monoisotopic (exact) mass is 320 g/mol. The quantitative estimate of drug-likeness (QED) is 0.666. The summed E-state index contributed by atoms with van der Waals surface area (Å²) in [6.45, 7) is 5.65. The van der Waals surface area contributed by atoms with Gasteiger partial charge in [-0.25, -0.2) is 4.79 Å². The molecule has 1 aromatic carbocycles. The molecule has 1 atom stereocenters. The van der Waals surface area contributed by atoms with Gasteiger partial charge in [0.15, 0.2) is 5.60 Å². The van der Waals surface area contributed by atoms with Gasteiger partial charge >= 0.3 is 5.97 Å². The van der Waals surface area contributed by atoms with E-state index in [1.54, 1.807) is 18.2 Å². The number of hydrogen-bond acceptors (Lipinski definition) is 5. The summed E-state index contributed by atoms with van der Waals surface area (Å²) in [5, 5.41) is 0. The summed E-state index contributed by atoms with van der Waals surface area (Å²) in [7, 11) is 1.32. The van der Waals surface area contributed by atoms with Gasteiger partial charge in [0, 0.05) is 5.69 Å². The van der Waals surface area contributed by atoms with Crippen LogP contribution in [0.25, 0.3) is 0 Å². The SMILES string of the molecule is CCC(C(=O)OC)N1C(=O)C(CC)(CC)Oc2ccc(N)cc21. The van der Waals surface area contributed by atoms with E-state index >= 15 is 0 Å². The van der Waals surface area contributed by atoms with Crippen LogP contribution >= 0.6 is 0 Å². The van der Waals surface area contributed by atoms with Crippen molar-refractivity contribution in [3.05, 3.63) is 18.2 Å². The van der Waals surface area contributed by atoms with E-state index in [2.05, 4.69) is 0 Å². The van der Waals surface area contributed by atoms with Crippen molar-refractivity contribution in [2.75, 3.05) is 17.7 Å². The molecule has 23 heavy (non-hydrogen) atoms. The third-order valence-electron chi connectivity index (χ3n) is 4.47. The molecule has 0 aliphatic carbocycles. The Balaban J connectivity index is 2.63. The molecule has 0 spiro atoms. The van der Waals surface area contributed by atoms with Gasteiger partial charge in [0.1, 0.15) is 11.8 Å². The van der Waals surface area contributed by atoms with E-state index in [1.807, 2.05) is 20.8 Å². The second kappa shape index (κ2) is 6.48. The van der Waals surface area contributed by atoms with E-state index in [0.29, 0.717) is 36.4 Å². The summed E-state index contributed by atoms with van der Waals surface area (Å²) in [6, 6.07) is 4.43. The number of hydrogen-bond donors (Lipinski definition) is 1. The lowest BCUT2D eigenvalue weighted by atomic mass is 9.91. The highest BCUT2D eigenvalue weighted by molar-refractivity contribution is 6.07. The van der Waals surface area contributed by atoms with Gasteiger partial charge in [-0.3, -0.25) is 9.69 Å². The summed E-state index contributed by atoms with van der Waals surface area (Å²) in [6.07, 6.45) is 1.47. The molecular formula is C17H24N2O4. The molecule has 1 amide bonds. The first-order valence-electron chi connectivity index (χ1n) is 7.94. The molecule has 0 fully saturated rings. The first-order valence-corrected chi connectivity index (χ1v) is 7.94. The van der Waals surface area contributed by atoms with Crippen molar-refractivity contribution in [1.29, 1.82) is 0 Å². The van der Waals surface area contributed by atoms with Gasteiger partial charge in [0.05, 0.1) is 12.8 Å². The third-order valence-corrected chi connectivity index (χ3v) is 4.47. The zero-order chi connectivity index (χ0) is 17.2. The molecule has 0 radical (unpaired) electrons. The Morgan fingerprint density at radius 3 is 2.52 bits per heavy atom. The number of carbonyl (C=O) groups excluding carboxylic acids is 2. The molecule has 6 nitrogen and oxygen atoms in total. The highest BCUT2D eigenvalue weighted by Crippen LogP contribution is 2.43. The van der Waals surface area contributed by atoms with E-state index in [1.165, 1.54) is 12.0 Å². The molecule has 6 heteroatoms.